The van der Waals surface area contributed by atoms with Gasteiger partial charge in [0.25, 0.3) is 0 Å². The molecule has 1 heterocycles. The van der Waals surface area contributed by atoms with E-state index < -0.39 is 0 Å². The van der Waals surface area contributed by atoms with Crippen LogP contribution < -0.4 is 10.1 Å². The molecular formula is C16H27N3O. The van der Waals surface area contributed by atoms with Gasteiger partial charge in [0.15, 0.2) is 0 Å². The molecule has 1 fully saturated rings. The summed E-state index contributed by atoms with van der Waals surface area (Å²) < 4.78 is 5.39. The van der Waals surface area contributed by atoms with Crippen molar-refractivity contribution >= 4 is 0 Å². The van der Waals surface area contributed by atoms with Crippen LogP contribution in [0.5, 0.6) is 5.88 Å². The van der Waals surface area contributed by atoms with Crippen LogP contribution in [0.15, 0.2) is 12.4 Å². The Morgan fingerprint density at radius 2 is 1.95 bits per heavy atom. The molecule has 20 heavy (non-hydrogen) atoms. The molecule has 1 saturated carbocycles. The highest BCUT2D eigenvalue weighted by molar-refractivity contribution is 5.22. The molecule has 1 atom stereocenters. The molecule has 0 spiro atoms. The summed E-state index contributed by atoms with van der Waals surface area (Å²) in [5, 5.41) is 3.59. The van der Waals surface area contributed by atoms with Crippen LogP contribution in [0.4, 0.5) is 0 Å². The quantitative estimate of drug-likeness (QED) is 0.896. The van der Waals surface area contributed by atoms with Gasteiger partial charge in [-0.2, -0.15) is 0 Å². The van der Waals surface area contributed by atoms with Crippen LogP contribution in [-0.2, 0) is 0 Å². The van der Waals surface area contributed by atoms with Gasteiger partial charge in [0.1, 0.15) is 5.69 Å². The molecule has 1 aromatic rings. The Hall–Kier alpha value is -1.16. The van der Waals surface area contributed by atoms with Gasteiger partial charge in [-0.05, 0) is 43.6 Å². The van der Waals surface area contributed by atoms with Crippen molar-refractivity contribution < 1.29 is 4.74 Å². The first kappa shape index (κ1) is 15.2. The molecule has 0 bridgehead atoms. The Balaban J connectivity index is 2.19. The van der Waals surface area contributed by atoms with Gasteiger partial charge in [-0.3, -0.25) is 4.98 Å². The van der Waals surface area contributed by atoms with Crippen LogP contribution in [0.2, 0.25) is 0 Å². The Morgan fingerprint density at radius 1 is 1.30 bits per heavy atom. The Kier molecular flexibility index (Phi) is 4.97. The predicted octanol–water partition coefficient (Wildman–Crippen LogP) is 3.35. The van der Waals surface area contributed by atoms with Gasteiger partial charge in [-0.25, -0.2) is 4.98 Å². The second kappa shape index (κ2) is 6.53. The number of hydrogen-bond acceptors (Lipinski definition) is 4. The van der Waals surface area contributed by atoms with Crippen molar-refractivity contribution in [3.8, 4) is 5.88 Å². The molecule has 4 heteroatoms. The lowest BCUT2D eigenvalue weighted by atomic mass is 9.70. The van der Waals surface area contributed by atoms with E-state index in [1.165, 1.54) is 25.7 Å². The molecule has 1 N–H and O–H groups in total. The highest BCUT2D eigenvalue weighted by Crippen LogP contribution is 2.43. The number of aromatic nitrogens is 2. The summed E-state index contributed by atoms with van der Waals surface area (Å²) in [6, 6.07) is 0.250. The maximum absolute atomic E-state index is 5.39. The minimum absolute atomic E-state index is 0.250. The van der Waals surface area contributed by atoms with Gasteiger partial charge >= 0.3 is 0 Å². The summed E-state index contributed by atoms with van der Waals surface area (Å²) in [6.07, 6.45) is 8.49. The van der Waals surface area contributed by atoms with Gasteiger partial charge in [0, 0.05) is 12.4 Å². The normalized spacial score (nSPS) is 20.6. The van der Waals surface area contributed by atoms with Crippen molar-refractivity contribution in [3.63, 3.8) is 0 Å². The van der Waals surface area contributed by atoms with Crippen molar-refractivity contribution in [1.29, 1.82) is 0 Å². The summed E-state index contributed by atoms with van der Waals surface area (Å²) in [5.74, 6) is 1.27. The standard InChI is InChI=1S/C16H27N3O/c1-5-17-13(12-6-8-16(2,3)9-7-12)14-15(20-4)19-11-10-18-14/h10-13,17H,5-9H2,1-4H3. The second-order valence-corrected chi connectivity index (χ2v) is 6.49. The van der Waals surface area contributed by atoms with E-state index in [1.807, 2.05) is 0 Å². The fourth-order valence-corrected chi connectivity index (χ4v) is 3.17. The number of methoxy groups -OCH3 is 1. The minimum atomic E-state index is 0.250. The zero-order valence-electron chi connectivity index (χ0n) is 13.1. The predicted molar refractivity (Wildman–Crippen MR) is 80.7 cm³/mol. The highest BCUT2D eigenvalue weighted by Gasteiger charge is 2.33. The van der Waals surface area contributed by atoms with Crippen molar-refractivity contribution in [2.45, 2.75) is 52.5 Å². The third-order valence-electron chi connectivity index (χ3n) is 4.46. The first-order valence-corrected chi connectivity index (χ1v) is 7.65. The second-order valence-electron chi connectivity index (χ2n) is 6.49. The largest absolute Gasteiger partial charge is 0.480 e. The molecule has 0 radical (unpaired) electrons. The molecule has 0 aliphatic heterocycles. The van der Waals surface area contributed by atoms with Crippen LogP contribution in [-0.4, -0.2) is 23.6 Å². The van der Waals surface area contributed by atoms with E-state index in [2.05, 4.69) is 36.1 Å². The molecule has 0 aromatic carbocycles. The van der Waals surface area contributed by atoms with Crippen LogP contribution >= 0.6 is 0 Å². The third kappa shape index (κ3) is 3.48. The topological polar surface area (TPSA) is 47.0 Å². The minimum Gasteiger partial charge on any atom is -0.480 e. The average Bonchev–Trinajstić information content (AvgIpc) is 2.45. The molecule has 4 nitrogen and oxygen atoms in total. The third-order valence-corrected chi connectivity index (χ3v) is 4.46. The summed E-state index contributed by atoms with van der Waals surface area (Å²) >= 11 is 0. The van der Waals surface area contributed by atoms with Crippen LogP contribution in [0.1, 0.15) is 58.2 Å². The molecule has 1 aliphatic carbocycles. The number of hydrogen-bond donors (Lipinski definition) is 1. The lowest BCUT2D eigenvalue weighted by Crippen LogP contribution is -2.33. The van der Waals surface area contributed by atoms with Gasteiger partial charge in [0.2, 0.25) is 5.88 Å². The Morgan fingerprint density at radius 3 is 2.55 bits per heavy atom. The molecule has 2 rings (SSSR count). The van der Waals surface area contributed by atoms with Gasteiger partial charge in [-0.1, -0.05) is 20.8 Å². The molecule has 0 amide bonds. The maximum Gasteiger partial charge on any atom is 0.237 e. The van der Waals surface area contributed by atoms with Crippen LogP contribution in [0, 0.1) is 11.3 Å². The summed E-state index contributed by atoms with van der Waals surface area (Å²) in [4.78, 5) is 8.83. The maximum atomic E-state index is 5.39. The van der Waals surface area contributed by atoms with E-state index in [4.69, 9.17) is 4.74 Å². The number of nitrogens with zero attached hydrogens (tertiary/aromatic N) is 2. The van der Waals surface area contributed by atoms with Gasteiger partial charge in [-0.15, -0.1) is 0 Å². The fraction of sp³-hybridized carbons (Fsp3) is 0.750. The first-order chi connectivity index (χ1) is 9.57. The van der Waals surface area contributed by atoms with E-state index in [1.54, 1.807) is 19.5 Å². The number of rotatable bonds is 5. The van der Waals surface area contributed by atoms with Crippen molar-refractivity contribution in [2.24, 2.45) is 11.3 Å². The summed E-state index contributed by atoms with van der Waals surface area (Å²) in [7, 11) is 1.67. The molecule has 1 unspecified atom stereocenters. The molecule has 0 saturated heterocycles. The lowest BCUT2D eigenvalue weighted by molar-refractivity contribution is 0.159. The fourth-order valence-electron chi connectivity index (χ4n) is 3.17. The van der Waals surface area contributed by atoms with E-state index in [0.717, 1.165) is 12.2 Å². The zero-order chi connectivity index (χ0) is 14.6. The van der Waals surface area contributed by atoms with Crippen molar-refractivity contribution in [1.82, 2.24) is 15.3 Å². The molecule has 112 valence electrons. The van der Waals surface area contributed by atoms with Crippen molar-refractivity contribution in [3.05, 3.63) is 18.1 Å². The summed E-state index contributed by atoms with van der Waals surface area (Å²) in [6.45, 7) is 7.82. The smallest absolute Gasteiger partial charge is 0.237 e. The number of ether oxygens (including phenoxy) is 1. The molecular weight excluding hydrogens is 250 g/mol. The van der Waals surface area contributed by atoms with E-state index in [-0.39, 0.29) is 6.04 Å². The average molecular weight is 277 g/mol. The SMILES string of the molecule is CCNC(c1nccnc1OC)C1CCC(C)(C)CC1. The number of nitrogens with one attached hydrogen (secondary N) is 1. The Labute approximate surface area is 122 Å². The molecule has 1 aromatic heterocycles. The Bertz CT molecular complexity index is 423. The van der Waals surface area contributed by atoms with Crippen LogP contribution in [0.25, 0.3) is 0 Å². The zero-order valence-corrected chi connectivity index (χ0v) is 13.1. The van der Waals surface area contributed by atoms with Crippen LogP contribution in [0.3, 0.4) is 0 Å². The van der Waals surface area contributed by atoms with Gasteiger partial charge in [0.05, 0.1) is 13.2 Å². The molecule has 1 aliphatic rings. The van der Waals surface area contributed by atoms with Gasteiger partial charge < -0.3 is 10.1 Å². The van der Waals surface area contributed by atoms with Crippen molar-refractivity contribution in [2.75, 3.05) is 13.7 Å². The summed E-state index contributed by atoms with van der Waals surface area (Å²) in [5.41, 5.74) is 1.45. The lowest BCUT2D eigenvalue weighted by Gasteiger charge is -2.38. The van der Waals surface area contributed by atoms with E-state index in [9.17, 15) is 0 Å². The first-order valence-electron chi connectivity index (χ1n) is 7.65. The van der Waals surface area contributed by atoms with E-state index >= 15 is 0 Å². The highest BCUT2D eigenvalue weighted by atomic mass is 16.5. The monoisotopic (exact) mass is 277 g/mol. The van der Waals surface area contributed by atoms with E-state index in [0.29, 0.717) is 17.2 Å².